The van der Waals surface area contributed by atoms with Gasteiger partial charge in [-0.2, -0.15) is 0 Å². The van der Waals surface area contributed by atoms with E-state index in [0.717, 1.165) is 13.1 Å². The van der Waals surface area contributed by atoms with E-state index in [0.29, 0.717) is 52.5 Å². The van der Waals surface area contributed by atoms with Crippen molar-refractivity contribution < 1.29 is 14.3 Å². The number of aromatic nitrogens is 2. The van der Waals surface area contributed by atoms with E-state index in [4.69, 9.17) is 27.9 Å². The number of hydrogen-bond acceptors (Lipinski definition) is 5. The van der Waals surface area contributed by atoms with Gasteiger partial charge >= 0.3 is 0 Å². The quantitative estimate of drug-likeness (QED) is 0.588. The third kappa shape index (κ3) is 5.74. The highest BCUT2D eigenvalue weighted by atomic mass is 35.5. The molecule has 0 unspecified atom stereocenters. The first-order valence-electron chi connectivity index (χ1n) is 9.79. The van der Waals surface area contributed by atoms with E-state index in [1.807, 2.05) is 4.90 Å². The van der Waals surface area contributed by atoms with Crippen molar-refractivity contribution in [3.8, 4) is 0 Å². The fourth-order valence-corrected chi connectivity index (χ4v) is 3.86. The molecule has 2 amide bonds. The zero-order valence-electron chi connectivity index (χ0n) is 16.6. The van der Waals surface area contributed by atoms with Gasteiger partial charge in [-0.05, 0) is 30.3 Å². The van der Waals surface area contributed by atoms with Gasteiger partial charge in [-0.25, -0.2) is 4.98 Å². The Hall–Kier alpha value is -2.65. The van der Waals surface area contributed by atoms with Crippen LogP contribution >= 0.6 is 23.2 Å². The van der Waals surface area contributed by atoms with Gasteiger partial charge in [0.2, 0.25) is 11.8 Å². The van der Waals surface area contributed by atoms with Crippen molar-refractivity contribution in [3.05, 3.63) is 58.5 Å². The summed E-state index contributed by atoms with van der Waals surface area (Å²) in [6, 6.07) is 8.58. The number of carbonyl (C=O) groups excluding carboxylic acids is 2. The highest BCUT2D eigenvalue weighted by Crippen LogP contribution is 2.22. The Bertz CT molecular complexity index is 1090. The first-order chi connectivity index (χ1) is 15.0. The van der Waals surface area contributed by atoms with Crippen LogP contribution in [-0.4, -0.2) is 58.9 Å². The lowest BCUT2D eigenvalue weighted by Gasteiger charge is -2.25. The van der Waals surface area contributed by atoms with Gasteiger partial charge in [-0.1, -0.05) is 23.2 Å². The van der Waals surface area contributed by atoms with Crippen LogP contribution in [0.15, 0.2) is 42.7 Å². The zero-order chi connectivity index (χ0) is 21.8. The Morgan fingerprint density at radius 1 is 1.00 bits per heavy atom. The standard InChI is InChI=1S/C21H21Cl2N5O3/c22-14-9-18(23)21-26-17(12-28(21)11-14)10-19(29)24-15-1-3-16(4-2-15)25-20(30)13-27-5-7-31-8-6-27/h1-4,9,11-12H,5-8,10,13H2,(H,24,29)(H,25,30). The SMILES string of the molecule is O=C(Cc1cn2cc(Cl)cc(Cl)c2n1)Nc1ccc(NC(=O)CN2CCOCC2)cc1. The van der Waals surface area contributed by atoms with Crippen LogP contribution in [0.3, 0.4) is 0 Å². The average molecular weight is 462 g/mol. The Morgan fingerprint density at radius 3 is 2.32 bits per heavy atom. The Balaban J connectivity index is 1.30. The summed E-state index contributed by atoms with van der Waals surface area (Å²) in [6.45, 7) is 3.14. The number of rotatable bonds is 6. The van der Waals surface area contributed by atoms with Gasteiger partial charge in [-0.15, -0.1) is 0 Å². The molecule has 3 aromatic rings. The van der Waals surface area contributed by atoms with Crippen LogP contribution in [0.2, 0.25) is 10.0 Å². The molecule has 1 aromatic carbocycles. The van der Waals surface area contributed by atoms with Gasteiger partial charge in [0.25, 0.3) is 0 Å². The summed E-state index contributed by atoms with van der Waals surface area (Å²) in [5.41, 5.74) is 2.42. The number of nitrogens with one attached hydrogen (secondary N) is 2. The van der Waals surface area contributed by atoms with E-state index in [2.05, 4.69) is 15.6 Å². The second-order valence-electron chi connectivity index (χ2n) is 7.21. The summed E-state index contributed by atoms with van der Waals surface area (Å²) >= 11 is 12.1. The number of hydrogen-bond donors (Lipinski definition) is 2. The molecule has 31 heavy (non-hydrogen) atoms. The molecular formula is C21H21Cl2N5O3. The van der Waals surface area contributed by atoms with Crippen LogP contribution in [0.5, 0.6) is 0 Å². The molecule has 0 radical (unpaired) electrons. The number of morpholine rings is 1. The van der Waals surface area contributed by atoms with E-state index >= 15 is 0 Å². The highest BCUT2D eigenvalue weighted by molar-refractivity contribution is 6.36. The van der Waals surface area contributed by atoms with Crippen molar-refractivity contribution in [1.82, 2.24) is 14.3 Å². The predicted molar refractivity (Wildman–Crippen MR) is 120 cm³/mol. The minimum absolute atomic E-state index is 0.0794. The maximum atomic E-state index is 12.4. The summed E-state index contributed by atoms with van der Waals surface area (Å²) in [7, 11) is 0. The molecule has 8 nitrogen and oxygen atoms in total. The fraction of sp³-hybridized carbons (Fsp3) is 0.286. The van der Waals surface area contributed by atoms with Gasteiger partial charge in [0, 0.05) is 36.9 Å². The van der Waals surface area contributed by atoms with Gasteiger partial charge < -0.3 is 19.8 Å². The molecule has 4 rings (SSSR count). The normalized spacial score (nSPS) is 14.5. The second-order valence-corrected chi connectivity index (χ2v) is 8.05. The molecule has 162 valence electrons. The van der Waals surface area contributed by atoms with Crippen molar-refractivity contribution in [1.29, 1.82) is 0 Å². The third-order valence-corrected chi connectivity index (χ3v) is 5.27. The van der Waals surface area contributed by atoms with Crippen LogP contribution in [0, 0.1) is 0 Å². The van der Waals surface area contributed by atoms with Crippen LogP contribution in [0.4, 0.5) is 11.4 Å². The molecule has 3 heterocycles. The van der Waals surface area contributed by atoms with E-state index in [1.165, 1.54) is 0 Å². The molecule has 0 bridgehead atoms. The lowest BCUT2D eigenvalue weighted by Crippen LogP contribution is -2.41. The Morgan fingerprint density at radius 2 is 1.65 bits per heavy atom. The number of imidazole rings is 1. The lowest BCUT2D eigenvalue weighted by molar-refractivity contribution is -0.118. The third-order valence-electron chi connectivity index (χ3n) is 4.79. The monoisotopic (exact) mass is 461 g/mol. The van der Waals surface area contributed by atoms with Crippen molar-refractivity contribution in [2.45, 2.75) is 6.42 Å². The molecule has 0 spiro atoms. The smallest absolute Gasteiger partial charge is 0.238 e. The van der Waals surface area contributed by atoms with Crippen LogP contribution in [0.25, 0.3) is 5.65 Å². The number of amides is 2. The molecule has 10 heteroatoms. The van der Waals surface area contributed by atoms with Gasteiger partial charge in [-0.3, -0.25) is 14.5 Å². The van der Waals surface area contributed by atoms with Crippen molar-refractivity contribution in [2.24, 2.45) is 0 Å². The van der Waals surface area contributed by atoms with Gasteiger partial charge in [0.05, 0.1) is 41.9 Å². The Kier molecular flexibility index (Phi) is 6.72. The highest BCUT2D eigenvalue weighted by Gasteiger charge is 2.14. The fourth-order valence-electron chi connectivity index (χ4n) is 3.33. The lowest BCUT2D eigenvalue weighted by atomic mass is 10.2. The van der Waals surface area contributed by atoms with Gasteiger partial charge in [0.15, 0.2) is 5.65 Å². The number of carbonyl (C=O) groups is 2. The summed E-state index contributed by atoms with van der Waals surface area (Å²) in [5.74, 6) is -0.293. The molecule has 2 aromatic heterocycles. The number of ether oxygens (including phenoxy) is 1. The minimum Gasteiger partial charge on any atom is -0.379 e. The number of halogens is 2. The maximum Gasteiger partial charge on any atom is 0.238 e. The molecule has 0 atom stereocenters. The molecule has 1 aliphatic rings. The summed E-state index contributed by atoms with van der Waals surface area (Å²) in [6.07, 6.45) is 3.50. The molecule has 0 saturated carbocycles. The number of nitrogens with zero attached hydrogens (tertiary/aromatic N) is 3. The molecule has 1 saturated heterocycles. The molecule has 2 N–H and O–H groups in total. The van der Waals surface area contributed by atoms with Crippen molar-refractivity contribution >= 4 is 52.0 Å². The number of fused-ring (bicyclic) bond motifs is 1. The largest absolute Gasteiger partial charge is 0.379 e. The first-order valence-corrected chi connectivity index (χ1v) is 10.5. The number of pyridine rings is 1. The van der Waals surface area contributed by atoms with Crippen molar-refractivity contribution in [3.63, 3.8) is 0 Å². The number of anilines is 2. The second kappa shape index (κ2) is 9.65. The molecular weight excluding hydrogens is 441 g/mol. The topological polar surface area (TPSA) is 88.0 Å². The van der Waals surface area contributed by atoms with E-state index in [9.17, 15) is 9.59 Å². The average Bonchev–Trinajstić information content (AvgIpc) is 3.12. The molecule has 1 aliphatic heterocycles. The van der Waals surface area contributed by atoms with Crippen LogP contribution < -0.4 is 10.6 Å². The Labute approximate surface area is 189 Å². The van der Waals surface area contributed by atoms with Crippen LogP contribution in [0.1, 0.15) is 5.69 Å². The van der Waals surface area contributed by atoms with E-state index < -0.39 is 0 Å². The minimum atomic E-state index is -0.213. The van der Waals surface area contributed by atoms with E-state index in [1.54, 1.807) is 47.1 Å². The summed E-state index contributed by atoms with van der Waals surface area (Å²) < 4.78 is 6.98. The maximum absolute atomic E-state index is 12.4. The molecule has 0 aliphatic carbocycles. The van der Waals surface area contributed by atoms with Gasteiger partial charge in [0.1, 0.15) is 0 Å². The van der Waals surface area contributed by atoms with Crippen LogP contribution in [-0.2, 0) is 20.7 Å². The number of benzene rings is 1. The summed E-state index contributed by atoms with van der Waals surface area (Å²) in [4.78, 5) is 31.0. The molecule has 1 fully saturated rings. The first kappa shape index (κ1) is 21.6. The zero-order valence-corrected chi connectivity index (χ0v) is 18.1. The van der Waals surface area contributed by atoms with Crippen molar-refractivity contribution in [2.75, 3.05) is 43.5 Å². The van der Waals surface area contributed by atoms with E-state index in [-0.39, 0.29) is 18.2 Å². The predicted octanol–water partition coefficient (Wildman–Crippen LogP) is 3.09. The summed E-state index contributed by atoms with van der Waals surface area (Å²) in [5, 5.41) is 6.60.